The number of nitro benzene ring substituents is 1. The number of nitro groups is 1. The van der Waals surface area contributed by atoms with Gasteiger partial charge in [0.15, 0.2) is 0 Å². The molecule has 7 heteroatoms. The van der Waals surface area contributed by atoms with Gasteiger partial charge in [-0.15, -0.1) is 0 Å². The predicted molar refractivity (Wildman–Crippen MR) is 64.9 cm³/mol. The lowest BCUT2D eigenvalue weighted by molar-refractivity contribution is -0.385. The van der Waals surface area contributed by atoms with Crippen LogP contribution >= 0.6 is 0 Å². The van der Waals surface area contributed by atoms with Crippen LogP contribution in [-0.2, 0) is 0 Å². The number of rotatable bonds is 6. The number of halogens is 1. The van der Waals surface area contributed by atoms with Crippen LogP contribution in [0.5, 0.6) is 0 Å². The molecule has 0 saturated carbocycles. The predicted octanol–water partition coefficient (Wildman–Crippen LogP) is 2.16. The van der Waals surface area contributed by atoms with E-state index in [1.54, 1.807) is 0 Å². The maximum Gasteiger partial charge on any atom is 0.285 e. The number of benzene rings is 1. The van der Waals surface area contributed by atoms with Crippen LogP contribution in [0.3, 0.4) is 0 Å². The molecule has 1 N–H and O–H groups in total. The van der Waals surface area contributed by atoms with Crippen LogP contribution in [0.1, 0.15) is 29.6 Å². The second-order valence-corrected chi connectivity index (χ2v) is 3.79. The van der Waals surface area contributed by atoms with Gasteiger partial charge in [-0.2, -0.15) is 5.26 Å². The molecule has 0 aliphatic rings. The van der Waals surface area contributed by atoms with E-state index in [0.717, 1.165) is 12.1 Å². The molecule has 0 fully saturated rings. The van der Waals surface area contributed by atoms with Gasteiger partial charge in [0.2, 0.25) is 0 Å². The number of unbranched alkanes of at least 4 members (excludes halogenated alkanes) is 2. The number of nitrogens with one attached hydrogen (secondary N) is 1. The summed E-state index contributed by atoms with van der Waals surface area (Å²) in [5.41, 5.74) is -0.735. The third-order valence-electron chi connectivity index (χ3n) is 2.40. The molecule has 19 heavy (non-hydrogen) atoms. The summed E-state index contributed by atoms with van der Waals surface area (Å²) in [5.74, 6) is -1.39. The first-order valence-corrected chi connectivity index (χ1v) is 5.65. The van der Waals surface area contributed by atoms with Crippen LogP contribution in [0.2, 0.25) is 0 Å². The lowest BCUT2D eigenvalue weighted by atomic mass is 10.1. The van der Waals surface area contributed by atoms with Gasteiger partial charge in [-0.1, -0.05) is 0 Å². The fourth-order valence-corrected chi connectivity index (χ4v) is 1.47. The topological polar surface area (TPSA) is 96.0 Å². The van der Waals surface area contributed by atoms with Gasteiger partial charge in [0, 0.05) is 13.0 Å². The fraction of sp³-hybridized carbons (Fsp3) is 0.333. The SMILES string of the molecule is N#CCCCCNC(=O)c1ccc(F)cc1[N+](=O)[O-]. The van der Waals surface area contributed by atoms with Gasteiger partial charge < -0.3 is 5.32 Å². The molecule has 100 valence electrons. The summed E-state index contributed by atoms with van der Waals surface area (Å²) in [6, 6.07) is 4.77. The van der Waals surface area contributed by atoms with Crippen molar-refractivity contribution in [2.45, 2.75) is 19.3 Å². The molecule has 0 unspecified atom stereocenters. The summed E-state index contributed by atoms with van der Waals surface area (Å²) in [4.78, 5) is 21.6. The Labute approximate surface area is 109 Å². The van der Waals surface area contributed by atoms with E-state index in [1.807, 2.05) is 6.07 Å². The Kier molecular flexibility index (Phi) is 5.41. The highest BCUT2D eigenvalue weighted by Gasteiger charge is 2.20. The number of carbonyl (C=O) groups is 1. The van der Waals surface area contributed by atoms with Crippen LogP contribution in [0.4, 0.5) is 10.1 Å². The zero-order valence-corrected chi connectivity index (χ0v) is 10.1. The normalized spacial score (nSPS) is 9.68. The van der Waals surface area contributed by atoms with Gasteiger partial charge in [0.05, 0.1) is 17.1 Å². The highest BCUT2D eigenvalue weighted by atomic mass is 19.1. The molecule has 1 aromatic carbocycles. The largest absolute Gasteiger partial charge is 0.352 e. The van der Waals surface area contributed by atoms with Crippen molar-refractivity contribution in [3.63, 3.8) is 0 Å². The van der Waals surface area contributed by atoms with E-state index in [-0.39, 0.29) is 5.56 Å². The van der Waals surface area contributed by atoms with Crippen molar-refractivity contribution in [1.29, 1.82) is 5.26 Å². The molecule has 0 radical (unpaired) electrons. The van der Waals surface area contributed by atoms with Crippen molar-refractivity contribution >= 4 is 11.6 Å². The molecule has 0 spiro atoms. The molecule has 0 atom stereocenters. The molecule has 0 heterocycles. The van der Waals surface area contributed by atoms with Gasteiger partial charge >= 0.3 is 0 Å². The van der Waals surface area contributed by atoms with E-state index in [1.165, 1.54) is 0 Å². The molecule has 0 aliphatic carbocycles. The van der Waals surface area contributed by atoms with Gasteiger partial charge in [-0.05, 0) is 25.0 Å². The van der Waals surface area contributed by atoms with E-state index in [9.17, 15) is 19.3 Å². The summed E-state index contributed by atoms with van der Waals surface area (Å²) in [7, 11) is 0. The number of nitriles is 1. The first-order valence-electron chi connectivity index (χ1n) is 5.65. The minimum Gasteiger partial charge on any atom is -0.352 e. The average molecular weight is 265 g/mol. The van der Waals surface area contributed by atoms with Crippen molar-refractivity contribution in [2.75, 3.05) is 6.54 Å². The van der Waals surface area contributed by atoms with Crippen LogP contribution in [0.15, 0.2) is 18.2 Å². The first-order chi connectivity index (χ1) is 9.06. The van der Waals surface area contributed by atoms with Crippen molar-refractivity contribution in [3.05, 3.63) is 39.7 Å². The van der Waals surface area contributed by atoms with Crippen molar-refractivity contribution < 1.29 is 14.1 Å². The molecule has 0 aliphatic heterocycles. The molecule has 0 aromatic heterocycles. The van der Waals surface area contributed by atoms with Gasteiger partial charge in [-0.3, -0.25) is 14.9 Å². The average Bonchev–Trinajstić information content (AvgIpc) is 2.38. The van der Waals surface area contributed by atoms with E-state index < -0.39 is 22.3 Å². The Morgan fingerprint density at radius 1 is 1.47 bits per heavy atom. The van der Waals surface area contributed by atoms with E-state index in [2.05, 4.69) is 5.32 Å². The van der Waals surface area contributed by atoms with Gasteiger partial charge in [-0.25, -0.2) is 4.39 Å². The van der Waals surface area contributed by atoms with E-state index in [4.69, 9.17) is 5.26 Å². The maximum absolute atomic E-state index is 12.9. The fourth-order valence-electron chi connectivity index (χ4n) is 1.47. The van der Waals surface area contributed by atoms with Crippen molar-refractivity contribution in [1.82, 2.24) is 5.32 Å². The highest BCUT2D eigenvalue weighted by Crippen LogP contribution is 2.19. The minimum absolute atomic E-state index is 0.174. The minimum atomic E-state index is -0.798. The quantitative estimate of drug-likeness (QED) is 0.484. The second kappa shape index (κ2) is 7.06. The number of hydrogen-bond acceptors (Lipinski definition) is 4. The van der Waals surface area contributed by atoms with Crippen LogP contribution in [0, 0.1) is 27.3 Å². The molecule has 1 aromatic rings. The second-order valence-electron chi connectivity index (χ2n) is 3.79. The van der Waals surface area contributed by atoms with Gasteiger partial charge in [0.25, 0.3) is 11.6 Å². The molecule has 1 rings (SSSR count). The van der Waals surface area contributed by atoms with E-state index in [0.29, 0.717) is 31.9 Å². The number of carbonyl (C=O) groups excluding carboxylic acids is 1. The highest BCUT2D eigenvalue weighted by molar-refractivity contribution is 5.98. The van der Waals surface area contributed by atoms with E-state index >= 15 is 0 Å². The molecular formula is C12H12FN3O3. The first kappa shape index (κ1) is 14.6. The third-order valence-corrected chi connectivity index (χ3v) is 2.40. The third kappa shape index (κ3) is 4.35. The summed E-state index contributed by atoms with van der Waals surface area (Å²) in [5, 5.41) is 21.5. The lowest BCUT2D eigenvalue weighted by Crippen LogP contribution is -2.25. The Balaban J connectivity index is 2.67. The molecular weight excluding hydrogens is 253 g/mol. The summed E-state index contributed by atoms with van der Waals surface area (Å²) >= 11 is 0. The standard InChI is InChI=1S/C12H12FN3O3/c13-9-4-5-10(11(8-9)16(18)19)12(17)15-7-3-1-2-6-14/h4-5,8H,1-3,7H2,(H,15,17). The molecule has 0 saturated heterocycles. The Hall–Kier alpha value is -2.49. The van der Waals surface area contributed by atoms with Crippen LogP contribution < -0.4 is 5.32 Å². The number of nitrogens with zero attached hydrogens (tertiary/aromatic N) is 2. The maximum atomic E-state index is 12.9. The molecule has 6 nitrogen and oxygen atoms in total. The molecule has 0 bridgehead atoms. The van der Waals surface area contributed by atoms with Crippen LogP contribution in [-0.4, -0.2) is 17.4 Å². The Morgan fingerprint density at radius 3 is 2.84 bits per heavy atom. The van der Waals surface area contributed by atoms with Gasteiger partial charge in [0.1, 0.15) is 11.4 Å². The van der Waals surface area contributed by atoms with Crippen molar-refractivity contribution in [3.8, 4) is 6.07 Å². The van der Waals surface area contributed by atoms with Crippen LogP contribution in [0.25, 0.3) is 0 Å². The Bertz CT molecular complexity index is 525. The smallest absolute Gasteiger partial charge is 0.285 e. The van der Waals surface area contributed by atoms with Crippen molar-refractivity contribution in [2.24, 2.45) is 0 Å². The zero-order chi connectivity index (χ0) is 14.3. The Morgan fingerprint density at radius 2 is 2.21 bits per heavy atom. The number of hydrogen-bond donors (Lipinski definition) is 1. The molecule has 1 amide bonds. The zero-order valence-electron chi connectivity index (χ0n) is 10.1. The number of amides is 1. The monoisotopic (exact) mass is 265 g/mol. The summed E-state index contributed by atoms with van der Waals surface area (Å²) in [6.45, 7) is 0.315. The summed E-state index contributed by atoms with van der Waals surface area (Å²) < 4.78 is 12.9. The summed E-state index contributed by atoms with van der Waals surface area (Å²) in [6.07, 6.45) is 1.64. The lowest BCUT2D eigenvalue weighted by Gasteiger charge is -2.05.